The molecule has 2 aromatic carbocycles. The van der Waals surface area contributed by atoms with E-state index < -0.39 is 10.0 Å². The number of methoxy groups -OCH3 is 1. The Bertz CT molecular complexity index is 1410. The molecule has 2 aromatic heterocycles. The molecule has 0 spiro atoms. The zero-order valence-corrected chi connectivity index (χ0v) is 17.1. The Kier molecular flexibility index (Phi) is 5.03. The molecule has 2 heterocycles. The van der Waals surface area contributed by atoms with Crippen molar-refractivity contribution in [1.29, 1.82) is 5.26 Å². The minimum atomic E-state index is -4.15. The third kappa shape index (κ3) is 3.54. The van der Waals surface area contributed by atoms with E-state index in [4.69, 9.17) is 16.3 Å². The largest absolute Gasteiger partial charge is 0.495 e. The van der Waals surface area contributed by atoms with Gasteiger partial charge in [-0.1, -0.05) is 29.8 Å². The maximum Gasteiger partial charge on any atom is 0.266 e. The number of anilines is 1. The Morgan fingerprint density at radius 2 is 1.97 bits per heavy atom. The first-order valence-electron chi connectivity index (χ1n) is 8.63. The third-order valence-corrected chi connectivity index (χ3v) is 5.93. The highest BCUT2D eigenvalue weighted by Crippen LogP contribution is 2.30. The van der Waals surface area contributed by atoms with Crippen LogP contribution in [-0.2, 0) is 10.0 Å². The fraction of sp³-hybridized carbons (Fsp3) is 0.0500. The number of halogens is 1. The molecule has 1 N–H and O–H groups in total. The molecule has 0 saturated heterocycles. The number of rotatable bonds is 5. The van der Waals surface area contributed by atoms with Crippen molar-refractivity contribution in [1.82, 2.24) is 14.8 Å². The number of nitrogens with zero attached hydrogens (tertiary/aromatic N) is 4. The summed E-state index contributed by atoms with van der Waals surface area (Å²) < 4.78 is 35.0. The van der Waals surface area contributed by atoms with Gasteiger partial charge in [-0.05, 0) is 36.4 Å². The van der Waals surface area contributed by atoms with E-state index in [2.05, 4.69) is 14.8 Å². The zero-order chi connectivity index (χ0) is 21.3. The van der Waals surface area contributed by atoms with Crippen LogP contribution in [0.15, 0.2) is 65.7 Å². The highest BCUT2D eigenvalue weighted by molar-refractivity contribution is 7.92. The molecule has 0 amide bonds. The van der Waals surface area contributed by atoms with Gasteiger partial charge in [0.25, 0.3) is 10.0 Å². The molecule has 0 atom stereocenters. The van der Waals surface area contributed by atoms with Gasteiger partial charge in [0, 0.05) is 10.4 Å². The van der Waals surface area contributed by atoms with Crippen LogP contribution in [0.4, 0.5) is 5.82 Å². The smallest absolute Gasteiger partial charge is 0.266 e. The van der Waals surface area contributed by atoms with Crippen LogP contribution >= 0.6 is 11.6 Å². The molecule has 0 bridgehead atoms. The van der Waals surface area contributed by atoms with Crippen molar-refractivity contribution in [3.63, 3.8) is 0 Å². The third-order valence-electron chi connectivity index (χ3n) is 4.34. The normalized spacial score (nSPS) is 11.2. The van der Waals surface area contributed by atoms with Crippen LogP contribution < -0.4 is 9.46 Å². The monoisotopic (exact) mass is 439 g/mol. The number of aromatic nitrogens is 3. The molecule has 0 aliphatic carbocycles. The number of nitriles is 1. The van der Waals surface area contributed by atoms with Gasteiger partial charge in [-0.15, -0.1) is 0 Å². The summed E-state index contributed by atoms with van der Waals surface area (Å²) in [5, 5.41) is 14.7. The van der Waals surface area contributed by atoms with Gasteiger partial charge in [0.15, 0.2) is 11.6 Å². The van der Waals surface area contributed by atoms with E-state index in [1.54, 1.807) is 6.07 Å². The van der Waals surface area contributed by atoms with Gasteiger partial charge in [0.1, 0.15) is 22.3 Å². The summed E-state index contributed by atoms with van der Waals surface area (Å²) >= 11 is 5.98. The highest BCUT2D eigenvalue weighted by atomic mass is 35.5. The number of para-hydroxylation sites is 1. The Morgan fingerprint density at radius 3 is 2.73 bits per heavy atom. The molecule has 0 unspecified atom stereocenters. The second kappa shape index (κ2) is 7.67. The van der Waals surface area contributed by atoms with Crippen LogP contribution in [-0.4, -0.2) is 30.3 Å². The van der Waals surface area contributed by atoms with Crippen molar-refractivity contribution >= 4 is 38.3 Å². The molecule has 0 aliphatic heterocycles. The van der Waals surface area contributed by atoms with Crippen molar-refractivity contribution in [3.8, 4) is 17.6 Å². The van der Waals surface area contributed by atoms with Gasteiger partial charge >= 0.3 is 0 Å². The molecule has 8 nitrogen and oxygen atoms in total. The van der Waals surface area contributed by atoms with Gasteiger partial charge in [-0.25, -0.2) is 13.4 Å². The number of benzene rings is 2. The summed E-state index contributed by atoms with van der Waals surface area (Å²) in [5.41, 5.74) is 0.740. The predicted molar refractivity (Wildman–Crippen MR) is 112 cm³/mol. The Labute approximate surface area is 177 Å². The molecule has 30 heavy (non-hydrogen) atoms. The first kappa shape index (κ1) is 19.7. The second-order valence-electron chi connectivity index (χ2n) is 6.19. The maximum absolute atomic E-state index is 13.1. The van der Waals surface area contributed by atoms with E-state index in [9.17, 15) is 13.7 Å². The van der Waals surface area contributed by atoms with Crippen LogP contribution in [0, 0.1) is 11.3 Å². The lowest BCUT2D eigenvalue weighted by Gasteiger charge is -2.13. The molecule has 10 heteroatoms. The molecule has 0 fully saturated rings. The first-order valence-corrected chi connectivity index (χ1v) is 10.5. The SMILES string of the molecule is COc1ccc(Cl)cc1S(=O)(=O)Nc1c(C#N)cnn1-c1ccc2ccccc2n1. The van der Waals surface area contributed by atoms with Gasteiger partial charge in [-0.3, -0.25) is 4.72 Å². The number of nitrogens with one attached hydrogen (secondary N) is 1. The number of ether oxygens (including phenoxy) is 1. The van der Waals surface area contributed by atoms with Gasteiger partial charge in [-0.2, -0.15) is 15.0 Å². The summed E-state index contributed by atoms with van der Waals surface area (Å²) in [4.78, 5) is 4.35. The lowest BCUT2D eigenvalue weighted by atomic mass is 10.2. The maximum atomic E-state index is 13.1. The first-order chi connectivity index (χ1) is 14.4. The van der Waals surface area contributed by atoms with Crippen molar-refractivity contribution in [2.24, 2.45) is 0 Å². The summed E-state index contributed by atoms with van der Waals surface area (Å²) in [5.74, 6) is 0.425. The van der Waals surface area contributed by atoms with Crippen LogP contribution in [0.25, 0.3) is 16.7 Å². The molecule has 0 saturated carbocycles. The van der Waals surface area contributed by atoms with Crippen molar-refractivity contribution in [2.75, 3.05) is 11.8 Å². The number of hydrogen-bond acceptors (Lipinski definition) is 6. The molecular formula is C20H14ClN5O3S. The van der Waals surface area contributed by atoms with E-state index in [-0.39, 0.29) is 27.0 Å². The second-order valence-corrected chi connectivity index (χ2v) is 8.28. The minimum Gasteiger partial charge on any atom is -0.495 e. The lowest BCUT2D eigenvalue weighted by Crippen LogP contribution is -2.18. The Hall–Kier alpha value is -3.61. The summed E-state index contributed by atoms with van der Waals surface area (Å²) in [6.45, 7) is 0. The van der Waals surface area contributed by atoms with Crippen molar-refractivity contribution in [2.45, 2.75) is 4.90 Å². The molecule has 0 radical (unpaired) electrons. The molecule has 150 valence electrons. The number of fused-ring (bicyclic) bond motifs is 1. The standard InChI is InChI=1S/C20H14ClN5O3S/c1-29-17-8-7-15(21)10-18(17)30(27,28)25-20-14(11-22)12-23-26(20)19-9-6-13-4-2-3-5-16(13)24-19/h2-10,12,25H,1H3. The van der Waals surface area contributed by atoms with Crippen molar-refractivity contribution in [3.05, 3.63) is 71.4 Å². The van der Waals surface area contributed by atoms with E-state index in [1.807, 2.05) is 36.4 Å². The average Bonchev–Trinajstić information content (AvgIpc) is 3.15. The fourth-order valence-electron chi connectivity index (χ4n) is 2.92. The quantitative estimate of drug-likeness (QED) is 0.507. The minimum absolute atomic E-state index is 0.0366. The molecule has 4 rings (SSSR count). The topological polar surface area (TPSA) is 110 Å². The molecular weight excluding hydrogens is 426 g/mol. The summed E-state index contributed by atoms with van der Waals surface area (Å²) in [6.07, 6.45) is 1.27. The van der Waals surface area contributed by atoms with E-state index in [0.29, 0.717) is 11.3 Å². The summed E-state index contributed by atoms with van der Waals surface area (Å²) in [7, 11) is -2.80. The fourth-order valence-corrected chi connectivity index (χ4v) is 4.41. The highest BCUT2D eigenvalue weighted by Gasteiger charge is 2.25. The number of sulfonamides is 1. The predicted octanol–water partition coefficient (Wildman–Crippen LogP) is 3.75. The Balaban J connectivity index is 1.83. The average molecular weight is 440 g/mol. The van der Waals surface area contributed by atoms with Gasteiger partial charge < -0.3 is 4.74 Å². The zero-order valence-electron chi connectivity index (χ0n) is 15.6. The van der Waals surface area contributed by atoms with E-state index >= 15 is 0 Å². The Morgan fingerprint density at radius 1 is 1.17 bits per heavy atom. The number of pyridine rings is 1. The van der Waals surface area contributed by atoms with Crippen molar-refractivity contribution < 1.29 is 13.2 Å². The van der Waals surface area contributed by atoms with Crippen LogP contribution in [0.5, 0.6) is 5.75 Å². The van der Waals surface area contributed by atoms with Crippen LogP contribution in [0.3, 0.4) is 0 Å². The van der Waals surface area contributed by atoms with Crippen LogP contribution in [0.1, 0.15) is 5.56 Å². The van der Waals surface area contributed by atoms with E-state index in [0.717, 1.165) is 5.39 Å². The van der Waals surface area contributed by atoms with Gasteiger partial charge in [0.2, 0.25) is 0 Å². The molecule has 4 aromatic rings. The van der Waals surface area contributed by atoms with Gasteiger partial charge in [0.05, 0.1) is 18.8 Å². The lowest BCUT2D eigenvalue weighted by molar-refractivity contribution is 0.403. The summed E-state index contributed by atoms with van der Waals surface area (Å²) in [6, 6.07) is 17.2. The van der Waals surface area contributed by atoms with Crippen LogP contribution in [0.2, 0.25) is 5.02 Å². The number of hydrogen-bond donors (Lipinski definition) is 1. The molecule has 0 aliphatic rings. The van der Waals surface area contributed by atoms with E-state index in [1.165, 1.54) is 36.2 Å².